The van der Waals surface area contributed by atoms with Crippen molar-refractivity contribution < 1.29 is 8.42 Å². The number of piperidine rings is 1. The molecule has 3 aromatic rings. The van der Waals surface area contributed by atoms with Crippen LogP contribution in [0.3, 0.4) is 0 Å². The van der Waals surface area contributed by atoms with Gasteiger partial charge in [-0.05, 0) is 67.1 Å². The second-order valence-corrected chi connectivity index (χ2v) is 11.6. The van der Waals surface area contributed by atoms with Gasteiger partial charge in [-0.25, -0.2) is 13.4 Å². The zero-order valence-corrected chi connectivity index (χ0v) is 21.3. The molecular formula is C24H25Cl2N3O2S2. The second-order valence-electron chi connectivity index (χ2n) is 7.81. The Morgan fingerprint density at radius 1 is 1.06 bits per heavy atom. The number of rotatable bonds is 7. The van der Waals surface area contributed by atoms with Crippen LogP contribution >= 0.6 is 35.1 Å². The number of nitrogens with zero attached hydrogens (tertiary/aromatic N) is 3. The Morgan fingerprint density at radius 2 is 1.76 bits per heavy atom. The van der Waals surface area contributed by atoms with Gasteiger partial charge in [0.05, 0.1) is 9.92 Å². The normalized spacial score (nSPS) is 15.5. The number of anilines is 1. The summed E-state index contributed by atoms with van der Waals surface area (Å²) in [6.07, 6.45) is 3.88. The van der Waals surface area contributed by atoms with Crippen LogP contribution in [0.2, 0.25) is 10.0 Å². The molecule has 1 saturated heterocycles. The minimum atomic E-state index is -3.52. The van der Waals surface area contributed by atoms with E-state index in [0.717, 1.165) is 22.7 Å². The smallest absolute Gasteiger partial charge is 0.243 e. The average molecular weight is 523 g/mol. The molecule has 0 radical (unpaired) electrons. The summed E-state index contributed by atoms with van der Waals surface area (Å²) in [5.74, 6) is 0.726. The lowest BCUT2D eigenvalue weighted by atomic mass is 10.1. The molecule has 1 aliphatic rings. The van der Waals surface area contributed by atoms with Crippen LogP contribution in [0.25, 0.3) is 0 Å². The van der Waals surface area contributed by atoms with Crippen LogP contribution in [0.4, 0.5) is 5.82 Å². The maximum atomic E-state index is 13.2. The van der Waals surface area contributed by atoms with Gasteiger partial charge in [0.15, 0.2) is 0 Å². The van der Waals surface area contributed by atoms with E-state index in [9.17, 15) is 8.42 Å². The Morgan fingerprint density at radius 3 is 2.39 bits per heavy atom. The van der Waals surface area contributed by atoms with Crippen LogP contribution in [0.15, 0.2) is 76.7 Å². The summed E-state index contributed by atoms with van der Waals surface area (Å²) in [7, 11) is -3.52. The molecule has 1 aromatic heterocycles. The maximum absolute atomic E-state index is 13.2. The molecular weight excluding hydrogens is 497 g/mol. The second kappa shape index (κ2) is 10.7. The third-order valence-electron chi connectivity index (χ3n) is 5.69. The van der Waals surface area contributed by atoms with E-state index in [4.69, 9.17) is 23.2 Å². The van der Waals surface area contributed by atoms with Crippen molar-refractivity contribution in [1.82, 2.24) is 9.29 Å². The molecule has 0 bridgehead atoms. The fourth-order valence-corrected chi connectivity index (χ4v) is 6.73. The standard InChI is InChI=1S/C24H25Cl2N3O2S2/c1-2-18-7-9-21(10-8-18)33(30,31)28-15-12-20(13-16-28)29(24-17-19(25)11-14-27-24)32-23-6-4-3-5-22(23)26/h3-11,14,17,20H,2,12-13,15-16H2,1H3. The Kier molecular flexibility index (Phi) is 7.87. The van der Waals surface area contributed by atoms with Crippen molar-refractivity contribution in [3.05, 3.63) is 82.5 Å². The number of aromatic nitrogens is 1. The Hall–Kier alpha value is -1.77. The fourth-order valence-electron chi connectivity index (χ4n) is 3.81. The number of benzene rings is 2. The van der Waals surface area contributed by atoms with Crippen molar-refractivity contribution in [3.8, 4) is 0 Å². The topological polar surface area (TPSA) is 53.5 Å². The number of pyridine rings is 1. The van der Waals surface area contributed by atoms with Gasteiger partial charge in [-0.15, -0.1) is 0 Å². The lowest BCUT2D eigenvalue weighted by molar-refractivity contribution is 0.322. The van der Waals surface area contributed by atoms with E-state index >= 15 is 0 Å². The number of halogens is 2. The summed E-state index contributed by atoms with van der Waals surface area (Å²) in [5, 5.41) is 1.25. The summed E-state index contributed by atoms with van der Waals surface area (Å²) in [4.78, 5) is 5.77. The monoisotopic (exact) mass is 521 g/mol. The number of aryl methyl sites for hydroxylation is 1. The predicted molar refractivity (Wildman–Crippen MR) is 137 cm³/mol. The first-order chi connectivity index (χ1) is 15.9. The molecule has 0 spiro atoms. The SMILES string of the molecule is CCc1ccc(S(=O)(=O)N2CCC(N(Sc3ccccc3Cl)c3cc(Cl)ccn3)CC2)cc1. The molecule has 174 valence electrons. The van der Waals surface area contributed by atoms with E-state index < -0.39 is 10.0 Å². The Balaban J connectivity index is 1.53. The van der Waals surface area contributed by atoms with Crippen LogP contribution in [0, 0.1) is 0 Å². The van der Waals surface area contributed by atoms with Gasteiger partial charge in [0.1, 0.15) is 5.82 Å². The van der Waals surface area contributed by atoms with Gasteiger partial charge < -0.3 is 0 Å². The molecule has 9 heteroatoms. The first kappa shape index (κ1) is 24.4. The van der Waals surface area contributed by atoms with Crippen LogP contribution in [0.5, 0.6) is 0 Å². The minimum Gasteiger partial charge on any atom is -0.293 e. The number of hydrogen-bond acceptors (Lipinski definition) is 5. The van der Waals surface area contributed by atoms with Crippen molar-refractivity contribution in [1.29, 1.82) is 0 Å². The average Bonchev–Trinajstić information content (AvgIpc) is 2.83. The van der Waals surface area contributed by atoms with Crippen LogP contribution in [-0.2, 0) is 16.4 Å². The summed E-state index contributed by atoms with van der Waals surface area (Å²) in [6, 6.07) is 18.5. The van der Waals surface area contributed by atoms with Gasteiger partial charge in [0.25, 0.3) is 0 Å². The van der Waals surface area contributed by atoms with E-state index in [1.54, 1.807) is 28.7 Å². The Labute approximate surface area is 209 Å². The van der Waals surface area contributed by atoms with Crippen LogP contribution in [0.1, 0.15) is 25.3 Å². The van der Waals surface area contributed by atoms with Gasteiger partial charge in [0.2, 0.25) is 10.0 Å². The highest BCUT2D eigenvalue weighted by Crippen LogP contribution is 2.37. The highest BCUT2D eigenvalue weighted by atomic mass is 35.5. The quantitative estimate of drug-likeness (QED) is 0.340. The first-order valence-corrected chi connectivity index (χ1v) is 13.8. The molecule has 0 aliphatic carbocycles. The molecule has 4 rings (SSSR count). The molecule has 0 N–H and O–H groups in total. The van der Waals surface area contributed by atoms with Crippen molar-refractivity contribution in [2.24, 2.45) is 0 Å². The molecule has 0 atom stereocenters. The number of sulfonamides is 1. The molecule has 0 unspecified atom stereocenters. The summed E-state index contributed by atoms with van der Waals surface area (Å²) in [5.41, 5.74) is 1.12. The van der Waals surface area contributed by atoms with E-state index in [2.05, 4.69) is 16.2 Å². The molecule has 0 saturated carbocycles. The lowest BCUT2D eigenvalue weighted by Gasteiger charge is -2.37. The van der Waals surface area contributed by atoms with Crippen molar-refractivity contribution in [2.75, 3.05) is 17.4 Å². The maximum Gasteiger partial charge on any atom is 0.243 e. The van der Waals surface area contributed by atoms with Gasteiger partial charge in [-0.1, -0.05) is 54.4 Å². The third kappa shape index (κ3) is 5.66. The third-order valence-corrected chi connectivity index (χ3v) is 9.52. The zero-order chi connectivity index (χ0) is 23.4. The molecule has 2 aromatic carbocycles. The van der Waals surface area contributed by atoms with Crippen molar-refractivity contribution in [2.45, 2.75) is 42.0 Å². The van der Waals surface area contributed by atoms with Gasteiger partial charge in [-0.2, -0.15) is 4.31 Å². The fraction of sp³-hybridized carbons (Fsp3) is 0.292. The molecule has 1 fully saturated rings. The molecule has 33 heavy (non-hydrogen) atoms. The first-order valence-electron chi connectivity index (χ1n) is 10.8. The van der Waals surface area contributed by atoms with E-state index in [1.165, 1.54) is 11.9 Å². The summed E-state index contributed by atoms with van der Waals surface area (Å²) in [6.45, 7) is 2.92. The van der Waals surface area contributed by atoms with E-state index in [1.807, 2.05) is 42.5 Å². The van der Waals surface area contributed by atoms with Gasteiger partial charge >= 0.3 is 0 Å². The molecule has 2 heterocycles. The number of hydrogen-bond donors (Lipinski definition) is 0. The van der Waals surface area contributed by atoms with Gasteiger partial charge in [-0.3, -0.25) is 4.31 Å². The minimum absolute atomic E-state index is 0.0751. The van der Waals surface area contributed by atoms with Crippen LogP contribution in [-0.4, -0.2) is 36.8 Å². The van der Waals surface area contributed by atoms with Gasteiger partial charge in [0, 0.05) is 41.3 Å². The zero-order valence-electron chi connectivity index (χ0n) is 18.2. The Bertz CT molecular complexity index is 1200. The highest BCUT2D eigenvalue weighted by Gasteiger charge is 2.33. The summed E-state index contributed by atoms with van der Waals surface area (Å²) < 4.78 is 30.0. The largest absolute Gasteiger partial charge is 0.293 e. The lowest BCUT2D eigenvalue weighted by Crippen LogP contribution is -2.45. The van der Waals surface area contributed by atoms with Crippen LogP contribution < -0.4 is 4.31 Å². The van der Waals surface area contributed by atoms with E-state index in [-0.39, 0.29) is 6.04 Å². The van der Waals surface area contributed by atoms with E-state index in [0.29, 0.717) is 40.9 Å². The van der Waals surface area contributed by atoms with Crippen molar-refractivity contribution in [3.63, 3.8) is 0 Å². The highest BCUT2D eigenvalue weighted by molar-refractivity contribution is 8.00. The molecule has 1 aliphatic heterocycles. The molecule has 5 nitrogen and oxygen atoms in total. The molecule has 0 amide bonds. The predicted octanol–water partition coefficient (Wildman–Crippen LogP) is 6.32. The van der Waals surface area contributed by atoms with Crippen molar-refractivity contribution >= 4 is 51.0 Å². The summed E-state index contributed by atoms with van der Waals surface area (Å²) >= 11 is 14.2.